The minimum absolute atomic E-state index is 0.136. The van der Waals surface area contributed by atoms with Crippen molar-refractivity contribution in [2.24, 2.45) is 5.84 Å². The van der Waals surface area contributed by atoms with Crippen molar-refractivity contribution in [2.75, 3.05) is 30.0 Å². The first kappa shape index (κ1) is 14.0. The second-order valence-electron chi connectivity index (χ2n) is 4.59. The molecule has 0 amide bonds. The summed E-state index contributed by atoms with van der Waals surface area (Å²) in [4.78, 5) is 9.71. The number of anilines is 2. The van der Waals surface area contributed by atoms with Gasteiger partial charge in [-0.05, 0) is 19.3 Å². The Morgan fingerprint density at radius 1 is 1.63 bits per heavy atom. The van der Waals surface area contributed by atoms with Crippen molar-refractivity contribution in [1.29, 1.82) is 0 Å². The highest BCUT2D eigenvalue weighted by Gasteiger charge is 2.23. The fourth-order valence-corrected chi connectivity index (χ4v) is 2.20. The molecule has 1 unspecified atom stereocenters. The van der Waals surface area contributed by atoms with E-state index in [-0.39, 0.29) is 17.9 Å². The van der Waals surface area contributed by atoms with Crippen molar-refractivity contribution in [3.8, 4) is 0 Å². The van der Waals surface area contributed by atoms with Crippen molar-refractivity contribution in [3.63, 3.8) is 0 Å². The number of halogens is 1. The molecule has 1 atom stereocenters. The second-order valence-corrected chi connectivity index (χ2v) is 4.59. The molecule has 1 aliphatic heterocycles. The van der Waals surface area contributed by atoms with Crippen molar-refractivity contribution in [1.82, 2.24) is 9.97 Å². The van der Waals surface area contributed by atoms with E-state index in [4.69, 9.17) is 10.6 Å². The average molecular weight is 269 g/mol. The Morgan fingerprint density at radius 2 is 2.47 bits per heavy atom. The van der Waals surface area contributed by atoms with Crippen LogP contribution in [0.15, 0.2) is 6.20 Å². The number of hydrogen-bond donors (Lipinski definition) is 2. The highest BCUT2D eigenvalue weighted by atomic mass is 19.1. The van der Waals surface area contributed by atoms with E-state index in [0.29, 0.717) is 6.54 Å². The van der Waals surface area contributed by atoms with Crippen LogP contribution in [0.2, 0.25) is 0 Å². The van der Waals surface area contributed by atoms with Gasteiger partial charge in [0, 0.05) is 19.7 Å². The molecule has 1 saturated heterocycles. The quantitative estimate of drug-likeness (QED) is 0.620. The molecule has 0 radical (unpaired) electrons. The number of piperidine rings is 1. The van der Waals surface area contributed by atoms with Gasteiger partial charge in [0.2, 0.25) is 5.95 Å². The molecule has 0 saturated carbocycles. The molecule has 2 heterocycles. The number of ether oxygens (including phenoxy) is 1. The lowest BCUT2D eigenvalue weighted by molar-refractivity contribution is 0.0438. The number of rotatable bonds is 5. The molecule has 19 heavy (non-hydrogen) atoms. The van der Waals surface area contributed by atoms with E-state index in [1.165, 1.54) is 0 Å². The largest absolute Gasteiger partial charge is 0.376 e. The third-order valence-electron chi connectivity index (χ3n) is 3.09. The second kappa shape index (κ2) is 6.63. The zero-order chi connectivity index (χ0) is 13.7. The molecule has 1 aromatic heterocycles. The van der Waals surface area contributed by atoms with Crippen LogP contribution in [0.5, 0.6) is 0 Å². The molecule has 106 valence electrons. The molecule has 1 aromatic rings. The van der Waals surface area contributed by atoms with Gasteiger partial charge in [0.1, 0.15) is 0 Å². The summed E-state index contributed by atoms with van der Waals surface area (Å²) in [6.07, 6.45) is 4.22. The maximum Gasteiger partial charge on any atom is 0.239 e. The Hall–Kier alpha value is -1.47. The van der Waals surface area contributed by atoms with Gasteiger partial charge >= 0.3 is 0 Å². The van der Waals surface area contributed by atoms with Gasteiger partial charge in [0.05, 0.1) is 12.3 Å². The SMILES string of the molecule is CCCOC1CCCN(c2nc(NN)ncc2F)C1. The summed E-state index contributed by atoms with van der Waals surface area (Å²) in [6, 6.07) is 0. The van der Waals surface area contributed by atoms with Gasteiger partial charge in [0.15, 0.2) is 11.6 Å². The van der Waals surface area contributed by atoms with Crippen molar-refractivity contribution < 1.29 is 9.13 Å². The molecule has 0 aromatic carbocycles. The molecule has 7 heteroatoms. The van der Waals surface area contributed by atoms with Crippen LogP contribution in [0.25, 0.3) is 0 Å². The molecule has 6 nitrogen and oxygen atoms in total. The van der Waals surface area contributed by atoms with E-state index < -0.39 is 5.82 Å². The maximum atomic E-state index is 13.8. The number of hydrazine groups is 1. The van der Waals surface area contributed by atoms with Crippen LogP contribution in [-0.4, -0.2) is 35.8 Å². The van der Waals surface area contributed by atoms with Crippen LogP contribution < -0.4 is 16.2 Å². The molecule has 3 N–H and O–H groups in total. The van der Waals surface area contributed by atoms with E-state index in [0.717, 1.165) is 38.6 Å². The lowest BCUT2D eigenvalue weighted by atomic mass is 10.1. The van der Waals surface area contributed by atoms with Gasteiger partial charge in [-0.1, -0.05) is 6.92 Å². The molecule has 0 spiro atoms. The molecular weight excluding hydrogens is 249 g/mol. The fourth-order valence-electron chi connectivity index (χ4n) is 2.20. The highest BCUT2D eigenvalue weighted by Crippen LogP contribution is 2.22. The molecule has 1 aliphatic rings. The van der Waals surface area contributed by atoms with Gasteiger partial charge in [-0.2, -0.15) is 4.98 Å². The van der Waals surface area contributed by atoms with Gasteiger partial charge in [-0.25, -0.2) is 15.2 Å². The predicted molar refractivity (Wildman–Crippen MR) is 71.3 cm³/mol. The van der Waals surface area contributed by atoms with Gasteiger partial charge in [0.25, 0.3) is 0 Å². The molecular formula is C12H20FN5O. The van der Waals surface area contributed by atoms with Crippen molar-refractivity contribution in [2.45, 2.75) is 32.3 Å². The number of nitrogens with two attached hydrogens (primary N) is 1. The zero-order valence-electron chi connectivity index (χ0n) is 11.1. The standard InChI is InChI=1S/C12H20FN5O/c1-2-6-19-9-4-3-5-18(8-9)11-10(13)7-15-12(16-11)17-14/h7,9H,2-6,8,14H2,1H3,(H,15,16,17). The molecule has 2 rings (SSSR count). The van der Waals surface area contributed by atoms with E-state index >= 15 is 0 Å². The lowest BCUT2D eigenvalue weighted by Crippen LogP contribution is -2.41. The van der Waals surface area contributed by atoms with Gasteiger partial charge < -0.3 is 9.64 Å². The topological polar surface area (TPSA) is 76.3 Å². The monoisotopic (exact) mass is 269 g/mol. The molecule has 0 aliphatic carbocycles. The first-order valence-electron chi connectivity index (χ1n) is 6.60. The summed E-state index contributed by atoms with van der Waals surface area (Å²) in [5.41, 5.74) is 2.33. The third kappa shape index (κ3) is 3.51. The van der Waals surface area contributed by atoms with E-state index in [1.807, 2.05) is 4.90 Å². The minimum Gasteiger partial charge on any atom is -0.376 e. The Balaban J connectivity index is 2.08. The first-order valence-corrected chi connectivity index (χ1v) is 6.60. The number of nitrogens with zero attached hydrogens (tertiary/aromatic N) is 3. The highest BCUT2D eigenvalue weighted by molar-refractivity contribution is 5.44. The fraction of sp³-hybridized carbons (Fsp3) is 0.667. The predicted octanol–water partition coefficient (Wildman–Crippen LogP) is 1.30. The summed E-state index contributed by atoms with van der Waals surface area (Å²) in [7, 11) is 0. The van der Waals surface area contributed by atoms with E-state index in [9.17, 15) is 4.39 Å². The lowest BCUT2D eigenvalue weighted by Gasteiger charge is -2.33. The van der Waals surface area contributed by atoms with Crippen LogP contribution in [0.3, 0.4) is 0 Å². The Kier molecular flexibility index (Phi) is 4.86. The van der Waals surface area contributed by atoms with Crippen LogP contribution in [0.4, 0.5) is 16.2 Å². The van der Waals surface area contributed by atoms with Gasteiger partial charge in [-0.15, -0.1) is 0 Å². The molecule has 0 bridgehead atoms. The summed E-state index contributed by atoms with van der Waals surface area (Å²) in [5, 5.41) is 0. The van der Waals surface area contributed by atoms with Crippen LogP contribution in [0, 0.1) is 5.82 Å². The Morgan fingerprint density at radius 3 is 3.21 bits per heavy atom. The van der Waals surface area contributed by atoms with E-state index in [2.05, 4.69) is 22.3 Å². The summed E-state index contributed by atoms with van der Waals surface area (Å²) in [5.74, 6) is 5.32. The Labute approximate surface area is 112 Å². The summed E-state index contributed by atoms with van der Waals surface area (Å²) >= 11 is 0. The first-order chi connectivity index (χ1) is 9.24. The number of nitrogens with one attached hydrogen (secondary N) is 1. The summed E-state index contributed by atoms with van der Waals surface area (Å²) in [6.45, 7) is 4.23. The van der Waals surface area contributed by atoms with Crippen LogP contribution in [-0.2, 0) is 4.74 Å². The van der Waals surface area contributed by atoms with Gasteiger partial charge in [-0.3, -0.25) is 5.43 Å². The van der Waals surface area contributed by atoms with Crippen molar-refractivity contribution >= 4 is 11.8 Å². The third-order valence-corrected chi connectivity index (χ3v) is 3.09. The zero-order valence-corrected chi connectivity index (χ0v) is 11.1. The number of aromatic nitrogens is 2. The smallest absolute Gasteiger partial charge is 0.239 e. The average Bonchev–Trinajstić information content (AvgIpc) is 2.46. The summed E-state index contributed by atoms with van der Waals surface area (Å²) < 4.78 is 19.5. The maximum absolute atomic E-state index is 13.8. The number of nitrogen functional groups attached to an aromatic ring is 1. The normalized spacial score (nSPS) is 19.5. The number of hydrogen-bond acceptors (Lipinski definition) is 6. The van der Waals surface area contributed by atoms with E-state index in [1.54, 1.807) is 0 Å². The van der Waals surface area contributed by atoms with Crippen LogP contribution >= 0.6 is 0 Å². The Bertz CT molecular complexity index is 417. The van der Waals surface area contributed by atoms with Crippen LogP contribution in [0.1, 0.15) is 26.2 Å². The minimum atomic E-state index is -0.435. The molecule has 1 fully saturated rings. The van der Waals surface area contributed by atoms with Crippen molar-refractivity contribution in [3.05, 3.63) is 12.0 Å².